The third-order valence-electron chi connectivity index (χ3n) is 6.69. The van der Waals surface area contributed by atoms with Crippen molar-refractivity contribution < 1.29 is 13.6 Å². The van der Waals surface area contributed by atoms with Crippen LogP contribution in [0.3, 0.4) is 0 Å². The number of hydrogen-bond donors (Lipinski definition) is 0. The predicted octanol–water partition coefficient (Wildman–Crippen LogP) is 10.6. The van der Waals surface area contributed by atoms with Crippen molar-refractivity contribution in [2.24, 2.45) is 0 Å². The zero-order chi connectivity index (χ0) is 25.7. The highest BCUT2D eigenvalue weighted by Gasteiger charge is 2.24. The maximum atomic E-state index is 6.17. The average molecular weight is 513 g/mol. The van der Waals surface area contributed by atoms with Gasteiger partial charge < -0.3 is 13.6 Å². The second-order valence-electron chi connectivity index (χ2n) is 10.5. The van der Waals surface area contributed by atoms with Gasteiger partial charge in [0.15, 0.2) is 0 Å². The molecule has 0 atom stereocenters. The Labute approximate surface area is 223 Å². The number of hydrogen-bond acceptors (Lipinski definition) is 3. The Morgan fingerprint density at radius 3 is 1.53 bits per heavy atom. The maximum absolute atomic E-state index is 6.17. The van der Waals surface area contributed by atoms with Gasteiger partial charge in [-0.1, -0.05) is 127 Å². The maximum Gasteiger partial charge on any atom is 0.332 e. The van der Waals surface area contributed by atoms with Crippen molar-refractivity contribution >= 4 is 8.56 Å². The lowest BCUT2D eigenvalue weighted by Crippen LogP contribution is -2.35. The Hall–Kier alpha value is -1.62. The van der Waals surface area contributed by atoms with E-state index in [4.69, 9.17) is 13.6 Å². The number of para-hydroxylation sites is 1. The molecule has 202 valence electrons. The molecule has 4 heteroatoms. The minimum Gasteiger partial charge on any atom is -0.457 e. The standard InChI is InChI=1S/C32H52O3Si/c1-4-5-6-7-8-9-10-11-12-13-14-15-16-17-21-28-33-36(2,3)34-29-30-24-26-32(27-25-30)35-31-22-19-18-20-23-31/h18-20,22-27H,4-17,21,28-29H2,1-3H3. The van der Waals surface area contributed by atoms with E-state index >= 15 is 0 Å². The van der Waals surface area contributed by atoms with E-state index in [9.17, 15) is 0 Å². The molecule has 0 fully saturated rings. The SMILES string of the molecule is CCCCCCCCCCCCCCCCCO[Si](C)(C)OCc1ccc(Oc2ccccc2)cc1. The van der Waals surface area contributed by atoms with Crippen molar-refractivity contribution in [3.05, 3.63) is 60.2 Å². The van der Waals surface area contributed by atoms with Crippen LogP contribution in [0.4, 0.5) is 0 Å². The van der Waals surface area contributed by atoms with Crippen molar-refractivity contribution in [2.75, 3.05) is 6.61 Å². The van der Waals surface area contributed by atoms with E-state index < -0.39 is 8.56 Å². The summed E-state index contributed by atoms with van der Waals surface area (Å²) in [5, 5.41) is 0. The van der Waals surface area contributed by atoms with E-state index in [1.165, 1.54) is 89.9 Å². The van der Waals surface area contributed by atoms with Gasteiger partial charge >= 0.3 is 8.56 Å². The normalized spacial score (nSPS) is 11.6. The molecule has 0 saturated carbocycles. The zero-order valence-corrected chi connectivity index (χ0v) is 24.4. The van der Waals surface area contributed by atoms with E-state index in [2.05, 4.69) is 32.2 Å². The number of ether oxygens (including phenoxy) is 1. The fourth-order valence-electron chi connectivity index (χ4n) is 4.37. The van der Waals surface area contributed by atoms with Gasteiger partial charge in [0, 0.05) is 6.61 Å². The van der Waals surface area contributed by atoms with Crippen LogP contribution in [-0.2, 0) is 15.5 Å². The van der Waals surface area contributed by atoms with Crippen LogP contribution in [0.2, 0.25) is 13.1 Å². The molecule has 0 heterocycles. The van der Waals surface area contributed by atoms with Crippen molar-refractivity contribution in [3.8, 4) is 11.5 Å². The van der Waals surface area contributed by atoms with Gasteiger partial charge in [-0.3, -0.25) is 0 Å². The number of benzene rings is 2. The molecular formula is C32H52O3Si. The van der Waals surface area contributed by atoms with Crippen LogP contribution >= 0.6 is 0 Å². The first-order chi connectivity index (χ1) is 17.6. The smallest absolute Gasteiger partial charge is 0.332 e. The van der Waals surface area contributed by atoms with Crippen molar-refractivity contribution in [1.82, 2.24) is 0 Å². The summed E-state index contributed by atoms with van der Waals surface area (Å²) in [6.07, 6.45) is 20.8. The summed E-state index contributed by atoms with van der Waals surface area (Å²) in [5.74, 6) is 1.69. The quantitative estimate of drug-likeness (QED) is 0.116. The molecule has 0 aliphatic rings. The molecule has 0 aliphatic heterocycles. The minimum absolute atomic E-state index is 0.587. The summed E-state index contributed by atoms with van der Waals surface area (Å²) in [5.41, 5.74) is 1.14. The Balaban J connectivity index is 1.42. The summed E-state index contributed by atoms with van der Waals surface area (Å²) >= 11 is 0. The van der Waals surface area contributed by atoms with Crippen LogP contribution in [-0.4, -0.2) is 15.2 Å². The molecule has 0 spiro atoms. The average Bonchev–Trinajstić information content (AvgIpc) is 2.89. The van der Waals surface area contributed by atoms with E-state index in [0.29, 0.717) is 6.61 Å². The molecule has 0 aliphatic carbocycles. The Bertz CT molecular complexity index is 761. The number of rotatable bonds is 22. The summed E-state index contributed by atoms with van der Waals surface area (Å²) in [6.45, 7) is 7.99. The first-order valence-electron chi connectivity index (χ1n) is 14.7. The van der Waals surface area contributed by atoms with Gasteiger partial charge in [-0.2, -0.15) is 0 Å². The number of unbranched alkanes of at least 4 members (excludes halogenated alkanes) is 14. The van der Waals surface area contributed by atoms with Crippen molar-refractivity contribution in [1.29, 1.82) is 0 Å². The first kappa shape index (κ1) is 30.6. The highest BCUT2D eigenvalue weighted by Crippen LogP contribution is 2.22. The largest absolute Gasteiger partial charge is 0.457 e. The summed E-state index contributed by atoms with van der Waals surface area (Å²) in [4.78, 5) is 0. The lowest BCUT2D eigenvalue weighted by atomic mass is 10.0. The van der Waals surface area contributed by atoms with Crippen molar-refractivity contribution in [3.63, 3.8) is 0 Å². The molecule has 0 saturated heterocycles. The topological polar surface area (TPSA) is 27.7 Å². The van der Waals surface area contributed by atoms with Crippen LogP contribution in [0, 0.1) is 0 Å². The monoisotopic (exact) mass is 512 g/mol. The lowest BCUT2D eigenvalue weighted by molar-refractivity contribution is 0.168. The predicted molar refractivity (Wildman–Crippen MR) is 156 cm³/mol. The van der Waals surface area contributed by atoms with Gasteiger partial charge in [0.1, 0.15) is 11.5 Å². The minimum atomic E-state index is -2.10. The molecule has 0 aromatic heterocycles. The first-order valence-corrected chi connectivity index (χ1v) is 17.5. The zero-order valence-electron chi connectivity index (χ0n) is 23.4. The van der Waals surface area contributed by atoms with Gasteiger partial charge in [-0.15, -0.1) is 0 Å². The molecule has 2 rings (SSSR count). The van der Waals surface area contributed by atoms with Gasteiger partial charge in [0.2, 0.25) is 0 Å². The molecule has 0 radical (unpaired) electrons. The molecule has 2 aromatic rings. The fourth-order valence-corrected chi connectivity index (χ4v) is 5.60. The van der Waals surface area contributed by atoms with E-state index in [0.717, 1.165) is 30.1 Å². The second kappa shape index (κ2) is 19.5. The van der Waals surface area contributed by atoms with Gasteiger partial charge in [0.05, 0.1) is 6.61 Å². The van der Waals surface area contributed by atoms with Crippen LogP contribution < -0.4 is 4.74 Å². The highest BCUT2D eigenvalue weighted by molar-refractivity contribution is 6.64. The van der Waals surface area contributed by atoms with E-state index in [1.807, 2.05) is 42.5 Å². The van der Waals surface area contributed by atoms with Crippen LogP contribution in [0.5, 0.6) is 11.5 Å². The Morgan fingerprint density at radius 2 is 1.00 bits per heavy atom. The Kier molecular flexibility index (Phi) is 16.6. The third-order valence-corrected chi connectivity index (χ3v) is 8.43. The molecule has 0 N–H and O–H groups in total. The summed E-state index contributed by atoms with van der Waals surface area (Å²) in [6, 6.07) is 18.0. The fraction of sp³-hybridized carbons (Fsp3) is 0.625. The highest BCUT2D eigenvalue weighted by atomic mass is 28.4. The summed E-state index contributed by atoms with van der Waals surface area (Å²) in [7, 11) is -2.10. The second-order valence-corrected chi connectivity index (χ2v) is 13.9. The molecule has 0 bridgehead atoms. The van der Waals surface area contributed by atoms with E-state index in [1.54, 1.807) is 0 Å². The van der Waals surface area contributed by atoms with Gasteiger partial charge in [-0.25, -0.2) is 0 Å². The third kappa shape index (κ3) is 15.5. The van der Waals surface area contributed by atoms with E-state index in [-0.39, 0.29) is 0 Å². The van der Waals surface area contributed by atoms with Crippen LogP contribution in [0.1, 0.15) is 109 Å². The van der Waals surface area contributed by atoms with Crippen molar-refractivity contribution in [2.45, 2.75) is 123 Å². The lowest BCUT2D eigenvalue weighted by Gasteiger charge is -2.23. The van der Waals surface area contributed by atoms with Crippen LogP contribution in [0.15, 0.2) is 54.6 Å². The molecule has 36 heavy (non-hydrogen) atoms. The molecule has 3 nitrogen and oxygen atoms in total. The molecule has 0 unspecified atom stereocenters. The van der Waals surface area contributed by atoms with Gasteiger partial charge in [-0.05, 0) is 49.3 Å². The molecular weight excluding hydrogens is 460 g/mol. The molecule has 0 amide bonds. The van der Waals surface area contributed by atoms with Crippen LogP contribution in [0.25, 0.3) is 0 Å². The van der Waals surface area contributed by atoms with Gasteiger partial charge in [0.25, 0.3) is 0 Å². The molecule has 2 aromatic carbocycles. The Morgan fingerprint density at radius 1 is 0.528 bits per heavy atom. The summed E-state index contributed by atoms with van der Waals surface area (Å²) < 4.78 is 18.2.